The summed E-state index contributed by atoms with van der Waals surface area (Å²) in [6.45, 7) is 2.00. The second kappa shape index (κ2) is 6.35. The zero-order valence-corrected chi connectivity index (χ0v) is 13.3. The van der Waals surface area contributed by atoms with Gasteiger partial charge >= 0.3 is 0 Å². The third-order valence-electron chi connectivity index (χ3n) is 4.38. The second-order valence-corrected chi connectivity index (χ2v) is 6.07. The predicted octanol–water partition coefficient (Wildman–Crippen LogP) is 2.27. The van der Waals surface area contributed by atoms with E-state index in [-0.39, 0.29) is 11.8 Å². The summed E-state index contributed by atoms with van der Waals surface area (Å²) in [5.74, 6) is 2.30. The summed E-state index contributed by atoms with van der Waals surface area (Å²) in [6.07, 6.45) is 10.9. The standard InChI is InChI=1S/C17H19N5O2/c23-17(15-4-3-14(24-15)11-21-9-7-18-12-21)22-8-1-2-13(10-22)16-19-5-6-20-16/h3-7,9,12-13H,1-2,8,10-11H2,(H,19,20)/t13-/m0/s1. The lowest BCUT2D eigenvalue weighted by atomic mass is 9.97. The Morgan fingerprint density at radius 3 is 3.12 bits per heavy atom. The zero-order chi connectivity index (χ0) is 16.4. The van der Waals surface area contributed by atoms with Gasteiger partial charge < -0.3 is 18.9 Å². The first kappa shape index (κ1) is 14.7. The number of furan rings is 1. The average Bonchev–Trinajstić information content (AvgIpc) is 3.37. The van der Waals surface area contributed by atoms with Crippen LogP contribution >= 0.6 is 0 Å². The lowest BCUT2D eigenvalue weighted by molar-refractivity contribution is 0.0670. The normalized spacial score (nSPS) is 18.0. The molecular weight excluding hydrogens is 306 g/mol. The SMILES string of the molecule is O=C(c1ccc(Cn2ccnc2)o1)N1CCC[C@H](c2ncc[nH]2)C1. The van der Waals surface area contributed by atoms with Gasteiger partial charge in [-0.2, -0.15) is 0 Å². The molecule has 1 aliphatic rings. The van der Waals surface area contributed by atoms with Crippen LogP contribution in [0.25, 0.3) is 0 Å². The van der Waals surface area contributed by atoms with Gasteiger partial charge in [0.1, 0.15) is 11.6 Å². The van der Waals surface area contributed by atoms with Crippen LogP contribution in [0.3, 0.4) is 0 Å². The molecule has 0 aromatic carbocycles. The number of rotatable bonds is 4. The van der Waals surface area contributed by atoms with Crippen LogP contribution in [0, 0.1) is 0 Å². The summed E-state index contributed by atoms with van der Waals surface area (Å²) < 4.78 is 7.64. The van der Waals surface area contributed by atoms with Crippen molar-refractivity contribution in [3.05, 3.63) is 60.6 Å². The van der Waals surface area contributed by atoms with Crippen molar-refractivity contribution in [2.45, 2.75) is 25.3 Å². The van der Waals surface area contributed by atoms with Crippen molar-refractivity contribution < 1.29 is 9.21 Å². The van der Waals surface area contributed by atoms with Gasteiger partial charge in [0.2, 0.25) is 0 Å². The van der Waals surface area contributed by atoms with Gasteiger partial charge in [0, 0.05) is 43.8 Å². The van der Waals surface area contributed by atoms with E-state index < -0.39 is 0 Å². The Balaban J connectivity index is 1.44. The third-order valence-corrected chi connectivity index (χ3v) is 4.38. The molecule has 3 aromatic rings. The molecule has 7 nitrogen and oxygen atoms in total. The maximum Gasteiger partial charge on any atom is 0.289 e. The summed E-state index contributed by atoms with van der Waals surface area (Å²) in [4.78, 5) is 26.1. The maximum atomic E-state index is 12.7. The number of imidazole rings is 2. The minimum Gasteiger partial charge on any atom is -0.454 e. The molecule has 0 spiro atoms. The molecule has 1 amide bonds. The maximum absolute atomic E-state index is 12.7. The minimum atomic E-state index is -0.0527. The van der Waals surface area contributed by atoms with Crippen molar-refractivity contribution >= 4 is 5.91 Å². The Kier molecular flexibility index (Phi) is 3.90. The lowest BCUT2D eigenvalue weighted by Crippen LogP contribution is -2.39. The first-order valence-electron chi connectivity index (χ1n) is 8.12. The van der Waals surface area contributed by atoms with Crippen LogP contribution in [0.15, 0.2) is 47.7 Å². The zero-order valence-electron chi connectivity index (χ0n) is 13.3. The molecule has 0 bridgehead atoms. The van der Waals surface area contributed by atoms with E-state index >= 15 is 0 Å². The van der Waals surface area contributed by atoms with Gasteiger partial charge in [-0.1, -0.05) is 0 Å². The molecule has 0 saturated carbocycles. The number of H-pyrrole nitrogens is 1. The minimum absolute atomic E-state index is 0.0527. The van der Waals surface area contributed by atoms with Gasteiger partial charge in [-0.25, -0.2) is 9.97 Å². The summed E-state index contributed by atoms with van der Waals surface area (Å²) in [5.41, 5.74) is 0. The molecule has 0 radical (unpaired) electrons. The molecule has 1 saturated heterocycles. The topological polar surface area (TPSA) is 79.9 Å². The Labute approximate surface area is 139 Å². The molecule has 0 unspecified atom stereocenters. The highest BCUT2D eigenvalue weighted by molar-refractivity contribution is 5.91. The first-order valence-corrected chi connectivity index (χ1v) is 8.12. The van der Waals surface area contributed by atoms with Crippen LogP contribution in [0.5, 0.6) is 0 Å². The fraction of sp³-hybridized carbons (Fsp3) is 0.353. The largest absolute Gasteiger partial charge is 0.454 e. The van der Waals surface area contributed by atoms with Crippen LogP contribution < -0.4 is 0 Å². The molecule has 1 aliphatic heterocycles. The summed E-state index contributed by atoms with van der Waals surface area (Å²) in [5, 5.41) is 0. The van der Waals surface area contributed by atoms with Crippen molar-refractivity contribution in [3.8, 4) is 0 Å². The van der Waals surface area contributed by atoms with Crippen molar-refractivity contribution in [2.24, 2.45) is 0 Å². The number of aromatic amines is 1. The number of piperidine rings is 1. The fourth-order valence-corrected chi connectivity index (χ4v) is 3.18. The van der Waals surface area contributed by atoms with E-state index in [0.29, 0.717) is 18.8 Å². The molecule has 4 rings (SSSR count). The van der Waals surface area contributed by atoms with Gasteiger partial charge in [0.25, 0.3) is 5.91 Å². The van der Waals surface area contributed by atoms with Crippen molar-refractivity contribution in [1.82, 2.24) is 24.4 Å². The average molecular weight is 325 g/mol. The number of nitrogens with one attached hydrogen (secondary N) is 1. The van der Waals surface area contributed by atoms with E-state index in [1.54, 1.807) is 24.8 Å². The van der Waals surface area contributed by atoms with Crippen LogP contribution in [0.4, 0.5) is 0 Å². The molecule has 1 N–H and O–H groups in total. The molecule has 0 aliphatic carbocycles. The van der Waals surface area contributed by atoms with Crippen LogP contribution in [-0.4, -0.2) is 43.4 Å². The van der Waals surface area contributed by atoms with Gasteiger partial charge in [-0.15, -0.1) is 0 Å². The van der Waals surface area contributed by atoms with E-state index in [9.17, 15) is 4.79 Å². The highest BCUT2D eigenvalue weighted by Gasteiger charge is 2.28. The van der Waals surface area contributed by atoms with E-state index in [4.69, 9.17) is 4.42 Å². The van der Waals surface area contributed by atoms with Crippen molar-refractivity contribution in [1.29, 1.82) is 0 Å². The predicted molar refractivity (Wildman–Crippen MR) is 86.5 cm³/mol. The number of hydrogen-bond acceptors (Lipinski definition) is 4. The highest BCUT2D eigenvalue weighted by Crippen LogP contribution is 2.25. The van der Waals surface area contributed by atoms with E-state index in [1.165, 1.54) is 0 Å². The molecule has 3 aromatic heterocycles. The van der Waals surface area contributed by atoms with Gasteiger partial charge in [-0.05, 0) is 25.0 Å². The fourth-order valence-electron chi connectivity index (χ4n) is 3.18. The van der Waals surface area contributed by atoms with E-state index in [2.05, 4.69) is 15.0 Å². The van der Waals surface area contributed by atoms with Crippen LogP contribution in [-0.2, 0) is 6.54 Å². The Bertz CT molecular complexity index is 791. The number of carbonyl (C=O) groups is 1. The monoisotopic (exact) mass is 325 g/mol. The number of aromatic nitrogens is 4. The molecule has 124 valence electrons. The smallest absolute Gasteiger partial charge is 0.289 e. The Morgan fingerprint density at radius 2 is 2.33 bits per heavy atom. The lowest BCUT2D eigenvalue weighted by Gasteiger charge is -2.31. The number of carbonyl (C=O) groups excluding carboxylic acids is 1. The molecule has 1 fully saturated rings. The van der Waals surface area contributed by atoms with Gasteiger partial charge in [-0.3, -0.25) is 4.79 Å². The second-order valence-electron chi connectivity index (χ2n) is 6.07. The summed E-state index contributed by atoms with van der Waals surface area (Å²) >= 11 is 0. The molecule has 1 atom stereocenters. The van der Waals surface area contributed by atoms with Crippen molar-refractivity contribution in [2.75, 3.05) is 13.1 Å². The Hall–Kier alpha value is -2.83. The van der Waals surface area contributed by atoms with Gasteiger partial charge in [0.05, 0.1) is 12.9 Å². The van der Waals surface area contributed by atoms with Crippen LogP contribution in [0.1, 0.15) is 40.9 Å². The summed E-state index contributed by atoms with van der Waals surface area (Å²) in [6, 6.07) is 3.60. The van der Waals surface area contributed by atoms with E-state index in [1.807, 2.05) is 27.9 Å². The number of amides is 1. The number of likely N-dealkylation sites (tertiary alicyclic amines) is 1. The quantitative estimate of drug-likeness (QED) is 0.798. The third kappa shape index (κ3) is 2.97. The molecule has 7 heteroatoms. The van der Waals surface area contributed by atoms with Crippen molar-refractivity contribution in [3.63, 3.8) is 0 Å². The Morgan fingerprint density at radius 1 is 1.38 bits per heavy atom. The molecular formula is C17H19N5O2. The highest BCUT2D eigenvalue weighted by atomic mass is 16.4. The first-order chi connectivity index (χ1) is 11.8. The summed E-state index contributed by atoms with van der Waals surface area (Å²) in [7, 11) is 0. The molecule has 4 heterocycles. The van der Waals surface area contributed by atoms with E-state index in [0.717, 1.165) is 31.0 Å². The van der Waals surface area contributed by atoms with Crippen LogP contribution in [0.2, 0.25) is 0 Å². The number of nitrogens with zero attached hydrogens (tertiary/aromatic N) is 4. The molecule has 24 heavy (non-hydrogen) atoms. The number of hydrogen-bond donors (Lipinski definition) is 1. The van der Waals surface area contributed by atoms with Gasteiger partial charge in [0.15, 0.2) is 5.76 Å².